The lowest BCUT2D eigenvalue weighted by Gasteiger charge is -2.33. The van der Waals surface area contributed by atoms with E-state index in [4.69, 9.17) is 0 Å². The van der Waals surface area contributed by atoms with Crippen molar-refractivity contribution in [1.29, 1.82) is 0 Å². The Kier molecular flexibility index (Phi) is 6.12. The molecule has 1 fully saturated rings. The normalized spacial score (nSPS) is 20.1. The second kappa shape index (κ2) is 7.85. The monoisotopic (exact) mass is 296 g/mol. The maximum absolute atomic E-state index is 13.2. The average molecular weight is 296 g/mol. The van der Waals surface area contributed by atoms with Crippen molar-refractivity contribution in [3.63, 3.8) is 0 Å². The molecule has 1 unspecified atom stereocenters. The highest BCUT2D eigenvalue weighted by atomic mass is 19.1. The minimum atomic E-state index is -0.489. The quantitative estimate of drug-likeness (QED) is 0.865. The lowest BCUT2D eigenvalue weighted by molar-refractivity contribution is 0.164. The molecule has 1 saturated heterocycles. The zero-order valence-electron chi connectivity index (χ0n) is 13.0. The summed E-state index contributed by atoms with van der Waals surface area (Å²) in [4.78, 5) is 2.30. The Morgan fingerprint density at radius 3 is 2.62 bits per heavy atom. The maximum Gasteiger partial charge on any atom is 0.126 e. The van der Waals surface area contributed by atoms with Gasteiger partial charge in [0.15, 0.2) is 0 Å². The van der Waals surface area contributed by atoms with E-state index in [9.17, 15) is 8.78 Å². The van der Waals surface area contributed by atoms with Crippen LogP contribution in [0.4, 0.5) is 8.78 Å². The third-order valence-electron chi connectivity index (χ3n) is 3.92. The lowest BCUT2D eigenvalue weighted by Crippen LogP contribution is -2.39. The Morgan fingerprint density at radius 2 is 1.95 bits per heavy atom. The van der Waals surface area contributed by atoms with Gasteiger partial charge in [-0.15, -0.1) is 0 Å². The minimum absolute atomic E-state index is 0.489. The Morgan fingerprint density at radius 1 is 1.24 bits per heavy atom. The number of nitrogens with zero attached hydrogens (tertiary/aromatic N) is 1. The zero-order chi connectivity index (χ0) is 15.2. The summed E-state index contributed by atoms with van der Waals surface area (Å²) in [6, 6.07) is 3.80. The average Bonchev–Trinajstić information content (AvgIpc) is 2.37. The van der Waals surface area contributed by atoms with Crippen LogP contribution in [0.3, 0.4) is 0 Å². The number of likely N-dealkylation sites (tertiary alicyclic amines) is 1. The highest BCUT2D eigenvalue weighted by molar-refractivity contribution is 5.17. The van der Waals surface area contributed by atoms with E-state index in [0.717, 1.165) is 44.2 Å². The Balaban J connectivity index is 1.83. The number of rotatable bonds is 6. The molecule has 21 heavy (non-hydrogen) atoms. The van der Waals surface area contributed by atoms with Crippen LogP contribution < -0.4 is 5.32 Å². The van der Waals surface area contributed by atoms with Crippen molar-refractivity contribution in [3.8, 4) is 0 Å². The van der Waals surface area contributed by atoms with E-state index in [2.05, 4.69) is 24.1 Å². The molecule has 1 aromatic rings. The third kappa shape index (κ3) is 5.71. The van der Waals surface area contributed by atoms with E-state index in [-0.39, 0.29) is 0 Å². The zero-order valence-corrected chi connectivity index (χ0v) is 13.0. The van der Waals surface area contributed by atoms with Gasteiger partial charge in [0.25, 0.3) is 0 Å². The number of halogens is 2. The summed E-state index contributed by atoms with van der Waals surface area (Å²) in [5, 5.41) is 3.51. The first-order valence-corrected chi connectivity index (χ1v) is 7.91. The van der Waals surface area contributed by atoms with E-state index >= 15 is 0 Å². The van der Waals surface area contributed by atoms with Gasteiger partial charge in [-0.1, -0.05) is 13.8 Å². The lowest BCUT2D eigenvalue weighted by atomic mass is 9.97. The molecule has 1 N–H and O–H groups in total. The summed E-state index contributed by atoms with van der Waals surface area (Å²) >= 11 is 0. The van der Waals surface area contributed by atoms with Crippen molar-refractivity contribution in [2.75, 3.05) is 26.2 Å². The SMILES string of the molecule is CC(C)CNCC1CCCN(Cc2cc(F)cc(F)c2)C1. The van der Waals surface area contributed by atoms with Gasteiger partial charge in [0.05, 0.1) is 0 Å². The summed E-state index contributed by atoms with van der Waals surface area (Å²) in [6.45, 7) is 9.15. The van der Waals surface area contributed by atoms with Crippen LogP contribution in [0, 0.1) is 23.5 Å². The molecule has 0 spiro atoms. The van der Waals surface area contributed by atoms with Crippen molar-refractivity contribution in [2.24, 2.45) is 11.8 Å². The molecule has 118 valence electrons. The molecule has 1 atom stereocenters. The van der Waals surface area contributed by atoms with Gasteiger partial charge in [0, 0.05) is 19.2 Å². The van der Waals surface area contributed by atoms with Crippen molar-refractivity contribution >= 4 is 0 Å². The van der Waals surface area contributed by atoms with E-state index < -0.39 is 11.6 Å². The third-order valence-corrected chi connectivity index (χ3v) is 3.92. The molecule has 0 radical (unpaired) electrons. The molecule has 1 aliphatic heterocycles. The Hall–Kier alpha value is -1.00. The maximum atomic E-state index is 13.2. The molecule has 2 rings (SSSR count). The standard InChI is InChI=1S/C17H26F2N2/c1-13(2)9-20-10-14-4-3-5-21(11-14)12-15-6-16(18)8-17(19)7-15/h6-8,13-14,20H,3-5,9-12H2,1-2H3. The number of hydrogen-bond acceptors (Lipinski definition) is 2. The van der Waals surface area contributed by atoms with Crippen molar-refractivity contribution < 1.29 is 8.78 Å². The van der Waals surface area contributed by atoms with Crippen molar-refractivity contribution in [1.82, 2.24) is 10.2 Å². The fraction of sp³-hybridized carbons (Fsp3) is 0.647. The molecule has 4 heteroatoms. The molecule has 0 aromatic heterocycles. The van der Waals surface area contributed by atoms with Gasteiger partial charge in [0.2, 0.25) is 0 Å². The molecule has 2 nitrogen and oxygen atoms in total. The summed E-state index contributed by atoms with van der Waals surface area (Å²) in [7, 11) is 0. The summed E-state index contributed by atoms with van der Waals surface area (Å²) in [6.07, 6.45) is 2.39. The second-order valence-corrected chi connectivity index (χ2v) is 6.57. The summed E-state index contributed by atoms with van der Waals surface area (Å²) < 4.78 is 26.5. The first kappa shape index (κ1) is 16.4. The van der Waals surface area contributed by atoms with Crippen LogP contribution in [0.1, 0.15) is 32.3 Å². The summed E-state index contributed by atoms with van der Waals surface area (Å²) in [5.74, 6) is 0.324. The molecule has 0 bridgehead atoms. The van der Waals surface area contributed by atoms with Gasteiger partial charge in [-0.2, -0.15) is 0 Å². The first-order valence-electron chi connectivity index (χ1n) is 7.91. The highest BCUT2D eigenvalue weighted by Gasteiger charge is 2.20. The molecule has 1 heterocycles. The first-order chi connectivity index (χ1) is 10.0. The predicted molar refractivity (Wildman–Crippen MR) is 82.1 cm³/mol. The molecule has 0 aliphatic carbocycles. The number of piperidine rings is 1. The van der Waals surface area contributed by atoms with Crippen molar-refractivity contribution in [2.45, 2.75) is 33.2 Å². The van der Waals surface area contributed by atoms with Crippen LogP contribution in [0.25, 0.3) is 0 Å². The van der Waals surface area contributed by atoms with Crippen LogP contribution in [-0.4, -0.2) is 31.1 Å². The van der Waals surface area contributed by atoms with Gasteiger partial charge >= 0.3 is 0 Å². The number of hydrogen-bond donors (Lipinski definition) is 1. The van der Waals surface area contributed by atoms with E-state index in [1.807, 2.05) is 0 Å². The number of benzene rings is 1. The summed E-state index contributed by atoms with van der Waals surface area (Å²) in [5.41, 5.74) is 0.725. The van der Waals surface area contributed by atoms with Gasteiger partial charge in [-0.3, -0.25) is 4.90 Å². The topological polar surface area (TPSA) is 15.3 Å². The Bertz CT molecular complexity index is 428. The van der Waals surface area contributed by atoms with E-state index in [0.29, 0.717) is 18.4 Å². The fourth-order valence-electron chi connectivity index (χ4n) is 3.00. The number of nitrogens with one attached hydrogen (secondary N) is 1. The Labute approximate surface area is 126 Å². The van der Waals surface area contributed by atoms with E-state index in [1.165, 1.54) is 18.6 Å². The van der Waals surface area contributed by atoms with Gasteiger partial charge in [-0.05, 0) is 62.0 Å². The molecular formula is C17H26F2N2. The van der Waals surface area contributed by atoms with Gasteiger partial charge in [-0.25, -0.2) is 8.78 Å². The molecule has 0 saturated carbocycles. The van der Waals surface area contributed by atoms with Crippen molar-refractivity contribution in [3.05, 3.63) is 35.4 Å². The molecule has 1 aromatic carbocycles. The van der Waals surface area contributed by atoms with Gasteiger partial charge < -0.3 is 5.32 Å². The van der Waals surface area contributed by atoms with Crippen LogP contribution >= 0.6 is 0 Å². The van der Waals surface area contributed by atoms with Gasteiger partial charge in [0.1, 0.15) is 11.6 Å². The molecule has 1 aliphatic rings. The fourth-order valence-corrected chi connectivity index (χ4v) is 3.00. The molecule has 0 amide bonds. The highest BCUT2D eigenvalue weighted by Crippen LogP contribution is 2.19. The van der Waals surface area contributed by atoms with Crippen LogP contribution in [-0.2, 0) is 6.54 Å². The second-order valence-electron chi connectivity index (χ2n) is 6.57. The van der Waals surface area contributed by atoms with E-state index in [1.54, 1.807) is 0 Å². The smallest absolute Gasteiger partial charge is 0.126 e. The minimum Gasteiger partial charge on any atom is -0.316 e. The van der Waals surface area contributed by atoms with Crippen LogP contribution in [0.15, 0.2) is 18.2 Å². The predicted octanol–water partition coefficient (Wildman–Crippen LogP) is 3.42. The van der Waals surface area contributed by atoms with Crippen LogP contribution in [0.2, 0.25) is 0 Å². The molecular weight excluding hydrogens is 270 g/mol. The largest absolute Gasteiger partial charge is 0.316 e. The van der Waals surface area contributed by atoms with Crippen LogP contribution in [0.5, 0.6) is 0 Å².